The van der Waals surface area contributed by atoms with Crippen LogP contribution in [0.4, 0.5) is 0 Å². The average Bonchev–Trinajstić information content (AvgIpc) is 3.00. The van der Waals surface area contributed by atoms with E-state index < -0.39 is 36.0 Å². The van der Waals surface area contributed by atoms with Gasteiger partial charge in [0.1, 0.15) is 18.4 Å². The first kappa shape index (κ1) is 41.8. The van der Waals surface area contributed by atoms with Crippen LogP contribution in [-0.2, 0) is 35.2 Å². The third-order valence-electron chi connectivity index (χ3n) is 7.60. The molecular weight excluding hydrogens is 647 g/mol. The molecule has 2 unspecified atom stereocenters. The lowest BCUT2D eigenvalue weighted by molar-refractivity contribution is -0.140. The Morgan fingerprint density at radius 3 is 2.15 bits per heavy atom. The highest BCUT2D eigenvalue weighted by atomic mass is 35.5. The molecule has 0 bridgehead atoms. The molecule has 14 heteroatoms. The Bertz CT molecular complexity index is 1210. The number of rotatable bonds is 21. The molecule has 0 heterocycles. The van der Waals surface area contributed by atoms with Gasteiger partial charge in [0, 0.05) is 30.1 Å². The summed E-state index contributed by atoms with van der Waals surface area (Å²) in [6, 6.07) is 2.07. The third-order valence-corrected chi connectivity index (χ3v) is 8.20. The number of hydrogen-bond donors (Lipinski definition) is 4. The summed E-state index contributed by atoms with van der Waals surface area (Å²) < 4.78 is 0. The fourth-order valence-corrected chi connectivity index (χ4v) is 5.23. The van der Waals surface area contributed by atoms with E-state index >= 15 is 0 Å². The second-order valence-corrected chi connectivity index (χ2v) is 13.2. The molecule has 0 fully saturated rings. The predicted molar refractivity (Wildman–Crippen MR) is 184 cm³/mol. The van der Waals surface area contributed by atoms with Crippen molar-refractivity contribution >= 4 is 59.0 Å². The summed E-state index contributed by atoms with van der Waals surface area (Å²) in [5.74, 6) is -1.70. The predicted octanol–water partition coefficient (Wildman–Crippen LogP) is 2.73. The summed E-state index contributed by atoms with van der Waals surface area (Å²) in [6.07, 6.45) is 3.60. The summed E-state index contributed by atoms with van der Waals surface area (Å²) in [5, 5.41) is 11.9. The average molecular weight is 700 g/mol. The number of carbonyl (C=O) groups is 6. The van der Waals surface area contributed by atoms with Crippen LogP contribution in [0.3, 0.4) is 0 Å². The highest BCUT2D eigenvalue weighted by Crippen LogP contribution is 2.23. The van der Waals surface area contributed by atoms with Crippen molar-refractivity contribution in [3.63, 3.8) is 0 Å². The number of hydrogen-bond acceptors (Lipinski definition) is 7. The van der Waals surface area contributed by atoms with Crippen molar-refractivity contribution in [2.24, 2.45) is 5.92 Å². The van der Waals surface area contributed by atoms with Crippen molar-refractivity contribution < 1.29 is 28.8 Å². The normalized spacial score (nSPS) is 13.7. The van der Waals surface area contributed by atoms with Crippen molar-refractivity contribution in [1.29, 1.82) is 0 Å². The van der Waals surface area contributed by atoms with Crippen LogP contribution in [0.5, 0.6) is 0 Å². The zero-order chi connectivity index (χ0) is 35.7. The number of unbranched alkanes of at least 4 members (excludes halogenated alkanes) is 1. The monoisotopic (exact) mass is 698 g/mol. The van der Waals surface area contributed by atoms with Gasteiger partial charge in [-0.2, -0.15) is 0 Å². The number of nitrogens with one attached hydrogen (secondary N) is 4. The molecule has 264 valence electrons. The molecular formula is C33H52Cl2N6O6. The summed E-state index contributed by atoms with van der Waals surface area (Å²) in [4.78, 5) is 78.4. The van der Waals surface area contributed by atoms with E-state index in [-0.39, 0.29) is 43.1 Å². The molecule has 0 saturated carbocycles. The van der Waals surface area contributed by atoms with E-state index in [1.807, 2.05) is 20.8 Å². The first-order valence-corrected chi connectivity index (χ1v) is 16.8. The molecule has 0 spiro atoms. The second-order valence-electron chi connectivity index (χ2n) is 12.4. The first-order chi connectivity index (χ1) is 22.1. The van der Waals surface area contributed by atoms with E-state index in [1.54, 1.807) is 44.1 Å². The van der Waals surface area contributed by atoms with Crippen molar-refractivity contribution in [3.8, 4) is 0 Å². The molecule has 0 aromatic heterocycles. The Kier molecular flexibility index (Phi) is 19.2. The molecule has 47 heavy (non-hydrogen) atoms. The van der Waals surface area contributed by atoms with Crippen LogP contribution in [0.2, 0.25) is 10.0 Å². The van der Waals surface area contributed by atoms with E-state index in [9.17, 15) is 28.8 Å². The van der Waals surface area contributed by atoms with Crippen LogP contribution >= 0.6 is 23.2 Å². The number of amides is 5. The number of carbonyl (C=O) groups excluding carboxylic acids is 6. The fraction of sp³-hybridized carbons (Fsp3) is 0.636. The molecule has 0 saturated heterocycles. The molecule has 0 aliphatic carbocycles. The molecule has 1 rings (SSSR count). The first-order valence-electron chi connectivity index (χ1n) is 16.1. The smallest absolute Gasteiger partial charge is 0.243 e. The van der Waals surface area contributed by atoms with Gasteiger partial charge in [-0.15, -0.1) is 0 Å². The highest BCUT2D eigenvalue weighted by Gasteiger charge is 2.29. The zero-order valence-electron chi connectivity index (χ0n) is 28.7. The van der Waals surface area contributed by atoms with Gasteiger partial charge in [0.25, 0.3) is 0 Å². The van der Waals surface area contributed by atoms with Crippen molar-refractivity contribution in [2.45, 2.75) is 96.8 Å². The second kappa shape index (κ2) is 21.6. The maximum absolute atomic E-state index is 13.2. The molecule has 0 radical (unpaired) electrons. The third kappa shape index (κ3) is 15.5. The molecule has 4 atom stereocenters. The highest BCUT2D eigenvalue weighted by molar-refractivity contribution is 6.33. The van der Waals surface area contributed by atoms with Crippen LogP contribution in [0.25, 0.3) is 0 Å². The molecule has 1 aromatic carbocycles. The number of nitrogens with zero attached hydrogens (tertiary/aromatic N) is 2. The van der Waals surface area contributed by atoms with Crippen LogP contribution in [-0.4, -0.2) is 104 Å². The maximum atomic E-state index is 13.2. The molecule has 4 N–H and O–H groups in total. The van der Waals surface area contributed by atoms with Gasteiger partial charge in [-0.05, 0) is 89.2 Å². The molecule has 0 aliphatic heterocycles. The summed E-state index contributed by atoms with van der Waals surface area (Å²) >= 11 is 12.4. The number of aldehydes is 1. The molecule has 1 aromatic rings. The number of halogens is 2. The quantitative estimate of drug-likeness (QED) is 0.114. The van der Waals surface area contributed by atoms with E-state index in [1.165, 1.54) is 11.9 Å². The van der Waals surface area contributed by atoms with Gasteiger partial charge in [0.05, 0.1) is 18.6 Å². The Balaban J connectivity index is 2.75. The Hall–Kier alpha value is -3.22. The SMILES string of the molecule is CCCC(=O)NCC(=O)N(C)C(CCCCNC(=O)C(C)NC(=O)[C@H](Cc1cc(Cl)ccc1Cl)N(C)C)C(=O)N[C@H](C=O)CC(C)C. The summed E-state index contributed by atoms with van der Waals surface area (Å²) in [5.41, 5.74) is 0.715. The van der Waals surface area contributed by atoms with Gasteiger partial charge in [-0.3, -0.25) is 28.9 Å². The van der Waals surface area contributed by atoms with Crippen molar-refractivity contribution in [2.75, 3.05) is 34.2 Å². The van der Waals surface area contributed by atoms with E-state index in [4.69, 9.17) is 23.2 Å². The lowest BCUT2D eigenvalue weighted by atomic mass is 10.0. The van der Waals surface area contributed by atoms with Gasteiger partial charge in [-0.25, -0.2) is 0 Å². The van der Waals surface area contributed by atoms with Gasteiger partial charge >= 0.3 is 0 Å². The fourth-order valence-electron chi connectivity index (χ4n) is 4.84. The van der Waals surface area contributed by atoms with E-state index in [0.29, 0.717) is 60.4 Å². The summed E-state index contributed by atoms with van der Waals surface area (Å²) in [6.45, 7) is 7.35. The molecule has 12 nitrogen and oxygen atoms in total. The molecule has 0 aliphatic rings. The van der Waals surface area contributed by atoms with Crippen molar-refractivity contribution in [1.82, 2.24) is 31.1 Å². The van der Waals surface area contributed by atoms with Gasteiger partial charge in [-0.1, -0.05) is 44.0 Å². The Labute approximate surface area is 289 Å². The number of benzene rings is 1. The lowest BCUT2D eigenvalue weighted by Gasteiger charge is -2.29. The van der Waals surface area contributed by atoms with E-state index in [2.05, 4.69) is 21.3 Å². The maximum Gasteiger partial charge on any atom is 0.243 e. The number of likely N-dealkylation sites (N-methyl/N-ethyl adjacent to an activating group) is 2. The molecule has 5 amide bonds. The van der Waals surface area contributed by atoms with Gasteiger partial charge in [0.15, 0.2) is 0 Å². The van der Waals surface area contributed by atoms with Crippen LogP contribution in [0.1, 0.15) is 71.8 Å². The minimum atomic E-state index is -0.884. The Morgan fingerprint density at radius 2 is 1.55 bits per heavy atom. The van der Waals surface area contributed by atoms with Crippen molar-refractivity contribution in [3.05, 3.63) is 33.8 Å². The van der Waals surface area contributed by atoms with E-state index in [0.717, 1.165) is 0 Å². The Morgan fingerprint density at radius 1 is 0.894 bits per heavy atom. The minimum absolute atomic E-state index is 0.170. The van der Waals surface area contributed by atoms with Gasteiger partial charge in [0.2, 0.25) is 29.5 Å². The van der Waals surface area contributed by atoms with Crippen LogP contribution in [0.15, 0.2) is 18.2 Å². The zero-order valence-corrected chi connectivity index (χ0v) is 30.2. The summed E-state index contributed by atoms with van der Waals surface area (Å²) in [7, 11) is 5.01. The minimum Gasteiger partial charge on any atom is -0.354 e. The standard InChI is InChI=1S/C33H52Cl2N6O6/c1-8-11-29(43)37-19-30(44)41(7)27(32(46)39-25(20-42)16-21(2)3)12-9-10-15-36-31(45)22(4)38-33(47)28(40(5)6)18-23-17-24(34)13-14-26(23)35/h13-14,17,20-22,25,27-28H,8-12,15-16,18-19H2,1-7H3,(H,36,45)(H,37,43)(H,38,47)(H,39,46)/t22?,25-,27?,28-/m0/s1. The topological polar surface area (TPSA) is 157 Å². The largest absolute Gasteiger partial charge is 0.354 e. The lowest BCUT2D eigenvalue weighted by Crippen LogP contribution is -2.52. The van der Waals surface area contributed by atoms with Crippen LogP contribution in [0, 0.1) is 5.92 Å². The van der Waals surface area contributed by atoms with Gasteiger partial charge < -0.3 is 31.0 Å². The van der Waals surface area contributed by atoms with Crippen LogP contribution < -0.4 is 21.3 Å².